The predicted molar refractivity (Wildman–Crippen MR) is 108 cm³/mol. The lowest BCUT2D eigenvalue weighted by molar-refractivity contribution is 0.102. The number of hydrogen-bond donors (Lipinski definition) is 2. The molecule has 0 radical (unpaired) electrons. The van der Waals surface area contributed by atoms with Gasteiger partial charge >= 0.3 is 0 Å². The molecular formula is C21H28N2O2. The largest absolute Gasteiger partial charge is 0.360 e. The fourth-order valence-electron chi connectivity index (χ4n) is 2.06. The quantitative estimate of drug-likeness (QED) is 0.650. The smallest absolute Gasteiger partial charge is 0.261 e. The first-order valence-electron chi connectivity index (χ1n) is 8.22. The Morgan fingerprint density at radius 1 is 0.880 bits per heavy atom. The SMILES string of the molecule is C.CC.CC.O=C(Nc1ccccc1)c1c[nH]c2ccccc2c1=O. The average molecular weight is 340 g/mol. The van der Waals surface area contributed by atoms with Crippen LogP contribution >= 0.6 is 0 Å². The van der Waals surface area contributed by atoms with Crippen LogP contribution in [0.3, 0.4) is 0 Å². The van der Waals surface area contributed by atoms with Crippen molar-refractivity contribution < 1.29 is 4.79 Å². The number of rotatable bonds is 2. The number of pyridine rings is 1. The van der Waals surface area contributed by atoms with E-state index < -0.39 is 5.91 Å². The monoisotopic (exact) mass is 340 g/mol. The van der Waals surface area contributed by atoms with Crippen LogP contribution < -0.4 is 10.7 Å². The molecule has 134 valence electrons. The second-order valence-electron chi connectivity index (χ2n) is 4.40. The van der Waals surface area contributed by atoms with Gasteiger partial charge in [0.05, 0.1) is 0 Å². The summed E-state index contributed by atoms with van der Waals surface area (Å²) < 4.78 is 0. The number of carbonyl (C=O) groups is 1. The highest BCUT2D eigenvalue weighted by Gasteiger charge is 2.12. The zero-order valence-corrected chi connectivity index (χ0v) is 14.6. The Morgan fingerprint density at radius 2 is 1.44 bits per heavy atom. The van der Waals surface area contributed by atoms with Crippen LogP contribution in [0.4, 0.5) is 5.69 Å². The van der Waals surface area contributed by atoms with Gasteiger partial charge in [-0.2, -0.15) is 0 Å². The molecule has 0 spiro atoms. The highest BCUT2D eigenvalue weighted by Crippen LogP contribution is 2.10. The maximum absolute atomic E-state index is 12.3. The lowest BCUT2D eigenvalue weighted by atomic mass is 10.1. The number of para-hydroxylation sites is 2. The van der Waals surface area contributed by atoms with E-state index in [4.69, 9.17) is 0 Å². The summed E-state index contributed by atoms with van der Waals surface area (Å²) in [5.41, 5.74) is 1.21. The van der Waals surface area contributed by atoms with Crippen molar-refractivity contribution in [2.45, 2.75) is 35.1 Å². The van der Waals surface area contributed by atoms with Gasteiger partial charge in [-0.15, -0.1) is 0 Å². The number of benzene rings is 2. The van der Waals surface area contributed by atoms with E-state index in [-0.39, 0.29) is 18.4 Å². The minimum Gasteiger partial charge on any atom is -0.360 e. The first-order valence-corrected chi connectivity index (χ1v) is 8.22. The van der Waals surface area contributed by atoms with Gasteiger partial charge in [-0.05, 0) is 24.3 Å². The van der Waals surface area contributed by atoms with Crippen LogP contribution in [0.5, 0.6) is 0 Å². The minimum atomic E-state index is -0.414. The van der Waals surface area contributed by atoms with Crippen LogP contribution in [-0.4, -0.2) is 10.9 Å². The number of fused-ring (bicyclic) bond motifs is 1. The summed E-state index contributed by atoms with van der Waals surface area (Å²) in [7, 11) is 0. The fraction of sp³-hybridized carbons (Fsp3) is 0.238. The highest BCUT2D eigenvalue weighted by atomic mass is 16.2. The molecule has 1 heterocycles. The van der Waals surface area contributed by atoms with E-state index in [0.29, 0.717) is 16.6 Å². The third kappa shape index (κ3) is 5.60. The van der Waals surface area contributed by atoms with Gasteiger partial charge in [0.2, 0.25) is 5.43 Å². The Labute approximate surface area is 149 Å². The molecule has 2 N–H and O–H groups in total. The van der Waals surface area contributed by atoms with Crippen molar-refractivity contribution in [1.82, 2.24) is 4.98 Å². The molecule has 1 amide bonds. The van der Waals surface area contributed by atoms with Crippen LogP contribution in [0.1, 0.15) is 45.5 Å². The minimum absolute atomic E-state index is 0. The molecule has 0 saturated carbocycles. The Kier molecular flexibility index (Phi) is 10.3. The number of aromatic amines is 1. The molecule has 0 aliphatic rings. The molecule has 0 aliphatic heterocycles. The summed E-state index contributed by atoms with van der Waals surface area (Å²) in [5, 5.41) is 3.21. The second kappa shape index (κ2) is 11.6. The third-order valence-corrected chi connectivity index (χ3v) is 3.06. The molecule has 0 saturated heterocycles. The standard InChI is InChI=1S/C16H12N2O2.2C2H6.CH4/c19-15-12-8-4-5-9-14(12)17-10-13(15)16(20)18-11-6-2-1-3-7-11;2*1-2;/h1-10H,(H,17,19)(H,18,20);2*1-2H3;1H4. The second-order valence-corrected chi connectivity index (χ2v) is 4.40. The molecule has 4 heteroatoms. The molecule has 3 aromatic rings. The molecule has 25 heavy (non-hydrogen) atoms. The molecule has 0 aliphatic carbocycles. The van der Waals surface area contributed by atoms with Crippen LogP contribution in [0, 0.1) is 0 Å². The number of carbonyl (C=O) groups excluding carboxylic acids is 1. The van der Waals surface area contributed by atoms with E-state index in [0.717, 1.165) is 0 Å². The molecule has 2 aromatic carbocycles. The van der Waals surface area contributed by atoms with E-state index in [1.165, 1.54) is 6.20 Å². The van der Waals surface area contributed by atoms with Crippen molar-refractivity contribution in [3.63, 3.8) is 0 Å². The molecule has 0 bridgehead atoms. The summed E-state index contributed by atoms with van der Waals surface area (Å²) in [6.45, 7) is 8.00. The summed E-state index contributed by atoms with van der Waals surface area (Å²) in [5.74, 6) is -0.414. The summed E-state index contributed by atoms with van der Waals surface area (Å²) in [6.07, 6.45) is 1.45. The van der Waals surface area contributed by atoms with E-state index in [9.17, 15) is 9.59 Å². The first-order chi connectivity index (χ1) is 11.8. The molecule has 0 unspecified atom stereocenters. The van der Waals surface area contributed by atoms with Crippen molar-refractivity contribution >= 4 is 22.5 Å². The molecule has 0 fully saturated rings. The normalized spacial score (nSPS) is 8.80. The summed E-state index contributed by atoms with van der Waals surface area (Å²) >= 11 is 0. The lowest BCUT2D eigenvalue weighted by Crippen LogP contribution is -2.21. The molecule has 3 rings (SSSR count). The Morgan fingerprint density at radius 3 is 2.08 bits per heavy atom. The van der Waals surface area contributed by atoms with Crippen LogP contribution in [-0.2, 0) is 0 Å². The first kappa shape index (κ1) is 22.1. The maximum Gasteiger partial charge on any atom is 0.261 e. The van der Waals surface area contributed by atoms with Crippen molar-refractivity contribution in [3.05, 3.63) is 76.6 Å². The zero-order chi connectivity index (χ0) is 17.9. The van der Waals surface area contributed by atoms with E-state index in [2.05, 4.69) is 10.3 Å². The van der Waals surface area contributed by atoms with E-state index >= 15 is 0 Å². The highest BCUT2D eigenvalue weighted by molar-refractivity contribution is 6.05. The number of anilines is 1. The van der Waals surface area contributed by atoms with Gasteiger partial charge in [-0.25, -0.2) is 0 Å². The number of aromatic nitrogens is 1. The summed E-state index contributed by atoms with van der Waals surface area (Å²) in [4.78, 5) is 27.4. The Bertz CT molecular complexity index is 824. The fourth-order valence-corrected chi connectivity index (χ4v) is 2.06. The molecule has 1 aromatic heterocycles. The number of hydrogen-bond acceptors (Lipinski definition) is 2. The van der Waals surface area contributed by atoms with Crippen LogP contribution in [0.15, 0.2) is 65.6 Å². The molecule has 0 atom stereocenters. The molecular weight excluding hydrogens is 312 g/mol. The summed E-state index contributed by atoms with van der Waals surface area (Å²) in [6, 6.07) is 16.2. The van der Waals surface area contributed by atoms with Gasteiger partial charge in [0.1, 0.15) is 5.56 Å². The van der Waals surface area contributed by atoms with Crippen molar-refractivity contribution in [2.75, 3.05) is 5.32 Å². The third-order valence-electron chi connectivity index (χ3n) is 3.06. The van der Waals surface area contributed by atoms with Crippen molar-refractivity contribution in [1.29, 1.82) is 0 Å². The average Bonchev–Trinajstić information content (AvgIpc) is 2.66. The maximum atomic E-state index is 12.3. The van der Waals surface area contributed by atoms with Gasteiger partial charge in [-0.3, -0.25) is 9.59 Å². The molecule has 4 nitrogen and oxygen atoms in total. The zero-order valence-electron chi connectivity index (χ0n) is 14.6. The Balaban J connectivity index is 0.00000108. The van der Waals surface area contributed by atoms with E-state index in [1.807, 2.05) is 52.0 Å². The van der Waals surface area contributed by atoms with Gasteiger partial charge < -0.3 is 10.3 Å². The van der Waals surface area contributed by atoms with Gasteiger partial charge in [0.15, 0.2) is 0 Å². The number of amides is 1. The Hall–Kier alpha value is -2.88. The number of H-pyrrole nitrogens is 1. The lowest BCUT2D eigenvalue weighted by Gasteiger charge is -2.05. The van der Waals surface area contributed by atoms with Gasteiger partial charge in [0, 0.05) is 22.8 Å². The van der Waals surface area contributed by atoms with Crippen LogP contribution in [0.25, 0.3) is 10.9 Å². The van der Waals surface area contributed by atoms with Crippen molar-refractivity contribution in [2.24, 2.45) is 0 Å². The van der Waals surface area contributed by atoms with Crippen molar-refractivity contribution in [3.8, 4) is 0 Å². The van der Waals surface area contributed by atoms with Gasteiger partial charge in [-0.1, -0.05) is 65.5 Å². The number of nitrogens with one attached hydrogen (secondary N) is 2. The van der Waals surface area contributed by atoms with Crippen LogP contribution in [0.2, 0.25) is 0 Å². The topological polar surface area (TPSA) is 62.0 Å². The van der Waals surface area contributed by atoms with E-state index in [1.54, 1.807) is 30.3 Å². The van der Waals surface area contributed by atoms with Gasteiger partial charge in [0.25, 0.3) is 5.91 Å². The predicted octanol–water partition coefficient (Wildman–Crippen LogP) is 5.47.